The Hall–Kier alpha value is -3.04. The van der Waals surface area contributed by atoms with Gasteiger partial charge in [-0.05, 0) is 49.0 Å². The topological polar surface area (TPSA) is 102 Å². The number of methoxy groups -OCH3 is 2. The molecule has 0 aliphatic rings. The first-order chi connectivity index (χ1) is 23.2. The van der Waals surface area contributed by atoms with Gasteiger partial charge in [-0.3, -0.25) is 14.4 Å². The third-order valence-electron chi connectivity index (χ3n) is 6.66. The van der Waals surface area contributed by atoms with Gasteiger partial charge in [0.1, 0.15) is 18.3 Å². The van der Waals surface area contributed by atoms with Gasteiger partial charge in [0.2, 0.25) is 0 Å². The molecule has 0 aliphatic carbocycles. The summed E-state index contributed by atoms with van der Waals surface area (Å²) < 4.78 is 10.2. The van der Waals surface area contributed by atoms with Crippen molar-refractivity contribution in [3.05, 3.63) is 131 Å². The van der Waals surface area contributed by atoms with Crippen LogP contribution >= 0.6 is 37.2 Å². The summed E-state index contributed by atoms with van der Waals surface area (Å²) in [6, 6.07) is 34.0. The van der Waals surface area contributed by atoms with Crippen molar-refractivity contribution >= 4 is 61.5 Å². The number of ether oxygens (including phenoxy) is 2. The fraction of sp³-hybridized carbons (Fsp3) is 0.263. The van der Waals surface area contributed by atoms with E-state index in [2.05, 4.69) is 59.6 Å². The zero-order valence-corrected chi connectivity index (χ0v) is 34.6. The second-order valence-corrected chi connectivity index (χ2v) is 10.1. The molecule has 0 fully saturated rings. The van der Waals surface area contributed by atoms with E-state index in [0.29, 0.717) is 17.5 Å². The van der Waals surface area contributed by atoms with Gasteiger partial charge in [0.25, 0.3) is 5.91 Å². The van der Waals surface area contributed by atoms with Gasteiger partial charge >= 0.3 is 0 Å². The SMILES string of the molecule is C=O.CCC(=O)c1cccc(OC)c1.CNC(=O)c1ccccc1.COc1cccc(C(=O)C(C)CN(C)Cc2ccccc2)c1.II.[V]. The zero-order chi connectivity index (χ0) is 36.3. The van der Waals surface area contributed by atoms with E-state index in [9.17, 15) is 14.4 Å². The number of hydrogen-bond donors (Lipinski definition) is 1. The van der Waals surface area contributed by atoms with Crippen molar-refractivity contribution < 1.29 is 47.2 Å². The summed E-state index contributed by atoms with van der Waals surface area (Å²) in [6.07, 6.45) is 0.535. The molecule has 8 nitrogen and oxygen atoms in total. The number of nitrogens with one attached hydrogen (secondary N) is 1. The third kappa shape index (κ3) is 19.7. The molecule has 263 valence electrons. The van der Waals surface area contributed by atoms with Gasteiger partial charge in [0, 0.05) is 105 Å². The number of ketones is 2. The maximum Gasteiger partial charge on any atom is 0.251 e. The number of amides is 1. The molecule has 11 heteroatoms. The smallest absolute Gasteiger partial charge is 0.251 e. The van der Waals surface area contributed by atoms with Crippen molar-refractivity contribution in [2.24, 2.45) is 5.92 Å². The van der Waals surface area contributed by atoms with E-state index in [1.807, 2.05) is 94.4 Å². The van der Waals surface area contributed by atoms with Crippen molar-refractivity contribution in [1.29, 1.82) is 0 Å². The van der Waals surface area contributed by atoms with Crippen molar-refractivity contribution in [2.45, 2.75) is 26.8 Å². The normalized spacial score (nSPS) is 9.82. The molecule has 1 unspecified atom stereocenters. The minimum absolute atomic E-state index is 0. The van der Waals surface area contributed by atoms with Crippen LogP contribution in [0.2, 0.25) is 0 Å². The molecular weight excluding hydrogens is 885 g/mol. The first-order valence-electron chi connectivity index (χ1n) is 15.0. The van der Waals surface area contributed by atoms with E-state index in [1.165, 1.54) is 5.56 Å². The average molecular weight is 932 g/mol. The van der Waals surface area contributed by atoms with E-state index in [1.54, 1.807) is 51.6 Å². The molecule has 0 saturated carbocycles. The van der Waals surface area contributed by atoms with Crippen LogP contribution < -0.4 is 14.8 Å². The van der Waals surface area contributed by atoms with E-state index in [0.717, 1.165) is 30.2 Å². The molecule has 0 aromatic heterocycles. The average Bonchev–Trinajstić information content (AvgIpc) is 3.16. The molecule has 49 heavy (non-hydrogen) atoms. The van der Waals surface area contributed by atoms with Crippen LogP contribution in [-0.4, -0.2) is 64.0 Å². The van der Waals surface area contributed by atoms with E-state index in [4.69, 9.17) is 14.3 Å². The van der Waals surface area contributed by atoms with E-state index >= 15 is 0 Å². The zero-order valence-electron chi connectivity index (χ0n) is 28.9. The van der Waals surface area contributed by atoms with Gasteiger partial charge in [0.15, 0.2) is 11.6 Å². The molecule has 0 spiro atoms. The molecule has 0 aliphatic heterocycles. The molecule has 4 aromatic rings. The van der Waals surface area contributed by atoms with Gasteiger partial charge in [-0.25, -0.2) is 0 Å². The number of Topliss-reactive ketones (excluding diaryl/α,β-unsaturated/α-hetero) is 2. The fourth-order valence-electron chi connectivity index (χ4n) is 4.31. The number of carbonyl (C=O) groups excluding carboxylic acids is 4. The summed E-state index contributed by atoms with van der Waals surface area (Å²) in [6.45, 7) is 7.40. The molecule has 1 radical (unpaired) electrons. The maximum absolute atomic E-state index is 12.5. The summed E-state index contributed by atoms with van der Waals surface area (Å²) in [5.74, 6) is 1.65. The van der Waals surface area contributed by atoms with Crippen molar-refractivity contribution in [3.8, 4) is 11.5 Å². The van der Waals surface area contributed by atoms with E-state index in [-0.39, 0.29) is 41.9 Å². The summed E-state index contributed by atoms with van der Waals surface area (Å²) in [5.41, 5.74) is 3.38. The second kappa shape index (κ2) is 29.8. The van der Waals surface area contributed by atoms with Crippen LogP contribution in [0.1, 0.15) is 56.9 Å². The molecule has 1 N–H and O–H groups in total. The number of nitrogens with zero attached hydrogens (tertiary/aromatic N) is 1. The predicted octanol–water partition coefficient (Wildman–Crippen LogP) is 8.56. The van der Waals surface area contributed by atoms with Crippen molar-refractivity contribution in [3.63, 3.8) is 0 Å². The minimum atomic E-state index is -0.0548. The van der Waals surface area contributed by atoms with Gasteiger partial charge in [0.05, 0.1) is 14.2 Å². The molecule has 4 aromatic carbocycles. The molecule has 1 atom stereocenters. The maximum atomic E-state index is 12.5. The number of carbonyl (C=O) groups is 4. The van der Waals surface area contributed by atoms with Gasteiger partial charge in [-0.1, -0.05) is 86.6 Å². The predicted molar refractivity (Wildman–Crippen MR) is 212 cm³/mol. The Morgan fingerprint density at radius 3 is 1.67 bits per heavy atom. The molecule has 1 amide bonds. The van der Waals surface area contributed by atoms with Crippen LogP contribution in [0.15, 0.2) is 109 Å². The molecule has 0 bridgehead atoms. The Morgan fingerprint density at radius 2 is 1.20 bits per heavy atom. The monoisotopic (exact) mass is 931 g/mol. The number of rotatable bonds is 11. The number of halogens is 2. The van der Waals surface area contributed by atoms with Crippen LogP contribution in [0, 0.1) is 5.92 Å². The number of benzene rings is 4. The van der Waals surface area contributed by atoms with Gasteiger partial charge in [-0.15, -0.1) is 0 Å². The van der Waals surface area contributed by atoms with Crippen LogP contribution in [0.4, 0.5) is 0 Å². The van der Waals surface area contributed by atoms with Crippen LogP contribution in [0.3, 0.4) is 0 Å². The summed E-state index contributed by atoms with van der Waals surface area (Å²) >= 11 is 4.24. The van der Waals surface area contributed by atoms with Crippen LogP contribution in [-0.2, 0) is 29.9 Å². The first-order valence-corrected chi connectivity index (χ1v) is 21.3. The Labute approximate surface area is 326 Å². The Kier molecular flexibility index (Phi) is 29.3. The summed E-state index contributed by atoms with van der Waals surface area (Å²) in [4.78, 5) is 44.8. The second-order valence-electron chi connectivity index (χ2n) is 10.1. The molecular formula is C38H46I2N2O6V. The summed E-state index contributed by atoms with van der Waals surface area (Å²) in [7, 11) is 6.87. The standard InChI is InChI=1S/C19H23NO2.C10H12O2.C8H9NO.CH2O.I2.V/c1-15(13-20(2)14-16-8-5-4-6-9-16)19(21)17-10-7-11-18(12-17)22-3;1-3-10(11)8-5-4-6-9(7-8)12-2;1-9-8(10)7-5-3-2-4-6-7;2*1-2;/h4-12,15H,13-14H2,1-3H3;4-7H,3H2,1-2H3;2-6H,1H3,(H,9,10);1H2;;. The quantitative estimate of drug-likeness (QED) is 0.119. The Balaban J connectivity index is 0. The Morgan fingerprint density at radius 1 is 0.755 bits per heavy atom. The van der Waals surface area contributed by atoms with Gasteiger partial charge in [-0.2, -0.15) is 0 Å². The minimum Gasteiger partial charge on any atom is -0.497 e. The van der Waals surface area contributed by atoms with Gasteiger partial charge < -0.3 is 24.5 Å². The summed E-state index contributed by atoms with van der Waals surface area (Å²) in [5, 5.41) is 2.54. The molecule has 4 rings (SSSR count). The van der Waals surface area contributed by atoms with Crippen molar-refractivity contribution in [1.82, 2.24) is 10.2 Å². The first kappa shape index (κ1) is 48.1. The fourth-order valence-corrected chi connectivity index (χ4v) is 4.31. The number of hydrogen-bond acceptors (Lipinski definition) is 7. The molecule has 0 saturated heterocycles. The van der Waals surface area contributed by atoms with Crippen LogP contribution in [0.25, 0.3) is 0 Å². The van der Waals surface area contributed by atoms with Crippen molar-refractivity contribution in [2.75, 3.05) is 34.9 Å². The largest absolute Gasteiger partial charge is 0.497 e. The van der Waals surface area contributed by atoms with Crippen LogP contribution in [0.5, 0.6) is 11.5 Å². The van der Waals surface area contributed by atoms with E-state index < -0.39 is 0 Å². The molecule has 0 heterocycles. The third-order valence-corrected chi connectivity index (χ3v) is 6.66. The Bertz CT molecular complexity index is 1480.